The van der Waals surface area contributed by atoms with Crippen LogP contribution in [0.25, 0.3) is 0 Å². The molecule has 1 N–H and O–H groups in total. The molecule has 120 valence electrons. The summed E-state index contributed by atoms with van der Waals surface area (Å²) in [6, 6.07) is 13.4. The van der Waals surface area contributed by atoms with Gasteiger partial charge >= 0.3 is 0 Å². The summed E-state index contributed by atoms with van der Waals surface area (Å²) >= 11 is 5.78. The highest BCUT2D eigenvalue weighted by atomic mass is 35.5. The van der Waals surface area contributed by atoms with Crippen molar-refractivity contribution in [2.45, 2.75) is 6.61 Å². The summed E-state index contributed by atoms with van der Waals surface area (Å²) in [6.45, 7) is -0.527. The largest absolute Gasteiger partial charge is 0.337 e. The highest BCUT2D eigenvalue weighted by Crippen LogP contribution is 2.17. The lowest BCUT2D eigenvalue weighted by Crippen LogP contribution is -2.21. The first-order chi connectivity index (χ1) is 11.0. The van der Waals surface area contributed by atoms with Crippen LogP contribution in [0.4, 0.5) is 5.69 Å². The van der Waals surface area contributed by atoms with Gasteiger partial charge in [0.15, 0.2) is 5.75 Å². The van der Waals surface area contributed by atoms with Crippen LogP contribution in [0.2, 0.25) is 5.02 Å². The van der Waals surface area contributed by atoms with Crippen molar-refractivity contribution in [3.05, 3.63) is 69.2 Å². The summed E-state index contributed by atoms with van der Waals surface area (Å²) in [5.41, 5.74) is 1.33. The number of nitro groups is 1. The zero-order valence-corrected chi connectivity index (χ0v) is 12.7. The van der Waals surface area contributed by atoms with Crippen LogP contribution in [0.15, 0.2) is 48.5 Å². The van der Waals surface area contributed by atoms with Gasteiger partial charge in [-0.25, -0.2) is 0 Å². The normalized spacial score (nSPS) is 10.1. The fourth-order valence-electron chi connectivity index (χ4n) is 1.66. The molecule has 0 heterocycles. The van der Waals surface area contributed by atoms with E-state index in [2.05, 4.69) is 5.32 Å². The van der Waals surface area contributed by atoms with Gasteiger partial charge in [0.25, 0.3) is 12.5 Å². The number of nitrogens with zero attached hydrogens (tertiary/aromatic N) is 1. The molecule has 0 atom stereocenters. The second kappa shape index (κ2) is 8.11. The fraction of sp³-hybridized carbons (Fsp3) is 0.133. The summed E-state index contributed by atoms with van der Waals surface area (Å²) in [5.74, 6) is -0.256. The molecule has 0 aliphatic carbocycles. The standard InChI is InChI=1S/C15H13ClN2O5/c16-12-3-1-11(2-4-12)10-22-23-14-7-5-13(6-8-14)17-15(19)9-18(20)21/h1-8H,9-10H2,(H,17,19). The van der Waals surface area contributed by atoms with E-state index in [1.807, 2.05) is 12.1 Å². The number of anilines is 1. The molecule has 2 rings (SSSR count). The highest BCUT2D eigenvalue weighted by molar-refractivity contribution is 6.30. The van der Waals surface area contributed by atoms with Gasteiger partial charge < -0.3 is 10.2 Å². The summed E-state index contributed by atoms with van der Waals surface area (Å²) in [4.78, 5) is 31.0. The van der Waals surface area contributed by atoms with Gasteiger partial charge in [-0.3, -0.25) is 14.9 Å². The smallest absolute Gasteiger partial charge is 0.296 e. The van der Waals surface area contributed by atoms with Gasteiger partial charge in [-0.2, -0.15) is 4.89 Å². The Bertz CT molecular complexity index is 673. The number of amides is 1. The predicted molar refractivity (Wildman–Crippen MR) is 83.8 cm³/mol. The van der Waals surface area contributed by atoms with Crippen LogP contribution in [0.1, 0.15) is 5.56 Å². The van der Waals surface area contributed by atoms with Crippen molar-refractivity contribution >= 4 is 23.2 Å². The van der Waals surface area contributed by atoms with Crippen molar-refractivity contribution in [1.82, 2.24) is 0 Å². The monoisotopic (exact) mass is 336 g/mol. The van der Waals surface area contributed by atoms with Crippen LogP contribution >= 0.6 is 11.6 Å². The van der Waals surface area contributed by atoms with Crippen LogP contribution < -0.4 is 10.2 Å². The molecule has 0 aliphatic rings. The second-order valence-electron chi connectivity index (χ2n) is 4.54. The van der Waals surface area contributed by atoms with Gasteiger partial charge in [0.2, 0.25) is 0 Å². The molecule has 0 spiro atoms. The van der Waals surface area contributed by atoms with Crippen molar-refractivity contribution in [3.8, 4) is 5.75 Å². The molecule has 0 unspecified atom stereocenters. The molecule has 0 fully saturated rings. The Hall–Kier alpha value is -2.64. The Labute approximate surface area is 136 Å². The van der Waals surface area contributed by atoms with Crippen LogP contribution in [-0.2, 0) is 16.3 Å². The van der Waals surface area contributed by atoms with E-state index < -0.39 is 17.4 Å². The summed E-state index contributed by atoms with van der Waals surface area (Å²) in [7, 11) is 0. The SMILES string of the molecule is O=C(C[N+](=O)[O-])Nc1ccc(OOCc2ccc(Cl)cc2)cc1. The quantitative estimate of drug-likeness (QED) is 0.476. The zero-order valence-electron chi connectivity index (χ0n) is 11.9. The molecule has 2 aromatic carbocycles. The van der Waals surface area contributed by atoms with Crippen molar-refractivity contribution in [2.75, 3.05) is 11.9 Å². The molecule has 1 amide bonds. The molecular formula is C15H13ClN2O5. The van der Waals surface area contributed by atoms with Crippen LogP contribution in [0, 0.1) is 10.1 Å². The number of halogens is 1. The average molecular weight is 337 g/mol. The first kappa shape index (κ1) is 16.7. The average Bonchev–Trinajstić information content (AvgIpc) is 2.50. The van der Waals surface area contributed by atoms with Gasteiger partial charge in [0.05, 0.1) is 0 Å². The minimum Gasteiger partial charge on any atom is -0.337 e. The van der Waals surface area contributed by atoms with Crippen LogP contribution in [-0.4, -0.2) is 17.4 Å². The zero-order chi connectivity index (χ0) is 16.7. The molecule has 0 aliphatic heterocycles. The molecule has 0 saturated carbocycles. The van der Waals surface area contributed by atoms with Gasteiger partial charge in [-0.15, -0.1) is 0 Å². The maximum atomic E-state index is 11.2. The van der Waals surface area contributed by atoms with Gasteiger partial charge in [0, 0.05) is 15.6 Å². The molecule has 0 aromatic heterocycles. The molecular weight excluding hydrogens is 324 g/mol. The van der Waals surface area contributed by atoms with Crippen LogP contribution in [0.5, 0.6) is 5.75 Å². The lowest BCUT2D eigenvalue weighted by atomic mass is 10.2. The molecule has 8 heteroatoms. The minimum absolute atomic E-state index is 0.249. The Morgan fingerprint density at radius 1 is 1.13 bits per heavy atom. The Morgan fingerprint density at radius 2 is 1.78 bits per heavy atom. The predicted octanol–water partition coefficient (Wildman–Crippen LogP) is 3.07. The number of hydrogen-bond acceptors (Lipinski definition) is 5. The molecule has 0 radical (unpaired) electrons. The summed E-state index contributed by atoms with van der Waals surface area (Å²) in [5, 5.41) is 13.2. The van der Waals surface area contributed by atoms with E-state index in [4.69, 9.17) is 21.4 Å². The molecule has 2 aromatic rings. The van der Waals surface area contributed by atoms with Gasteiger partial charge in [-0.1, -0.05) is 23.7 Å². The highest BCUT2D eigenvalue weighted by Gasteiger charge is 2.09. The van der Waals surface area contributed by atoms with Crippen molar-refractivity contribution in [2.24, 2.45) is 0 Å². The third kappa shape index (κ3) is 5.93. The summed E-state index contributed by atoms with van der Waals surface area (Å²) < 4.78 is 0. The Kier molecular flexibility index (Phi) is 5.90. The maximum Gasteiger partial charge on any atom is 0.296 e. The molecule has 0 bridgehead atoms. The van der Waals surface area contributed by atoms with E-state index in [1.165, 1.54) is 0 Å². The number of carbonyl (C=O) groups excluding carboxylic acids is 1. The number of hydrogen-bond donors (Lipinski definition) is 1. The fourth-order valence-corrected chi connectivity index (χ4v) is 1.78. The van der Waals surface area contributed by atoms with E-state index in [-0.39, 0.29) is 6.61 Å². The van der Waals surface area contributed by atoms with E-state index in [0.717, 1.165) is 5.56 Å². The summed E-state index contributed by atoms with van der Waals surface area (Å²) in [6.07, 6.45) is 0. The number of nitrogens with one attached hydrogen (secondary N) is 1. The first-order valence-electron chi connectivity index (χ1n) is 6.58. The molecule has 23 heavy (non-hydrogen) atoms. The molecule has 0 saturated heterocycles. The van der Waals surface area contributed by atoms with Crippen LogP contribution in [0.3, 0.4) is 0 Å². The number of benzene rings is 2. The minimum atomic E-state index is -0.775. The number of carbonyl (C=O) groups is 1. The second-order valence-corrected chi connectivity index (χ2v) is 4.97. The lowest BCUT2D eigenvalue weighted by Gasteiger charge is -2.07. The third-order valence-electron chi connectivity index (χ3n) is 2.70. The van der Waals surface area contributed by atoms with E-state index in [9.17, 15) is 14.9 Å². The first-order valence-corrected chi connectivity index (χ1v) is 6.96. The Balaban J connectivity index is 1.79. The van der Waals surface area contributed by atoms with E-state index in [1.54, 1.807) is 36.4 Å². The van der Waals surface area contributed by atoms with Crippen molar-refractivity contribution in [1.29, 1.82) is 0 Å². The van der Waals surface area contributed by atoms with Gasteiger partial charge in [-0.05, 0) is 42.0 Å². The van der Waals surface area contributed by atoms with E-state index in [0.29, 0.717) is 16.5 Å². The lowest BCUT2D eigenvalue weighted by molar-refractivity contribution is -0.467. The maximum absolute atomic E-state index is 11.2. The topological polar surface area (TPSA) is 90.7 Å². The third-order valence-corrected chi connectivity index (χ3v) is 2.96. The Morgan fingerprint density at radius 3 is 2.39 bits per heavy atom. The van der Waals surface area contributed by atoms with Crippen molar-refractivity contribution < 1.29 is 19.5 Å². The van der Waals surface area contributed by atoms with Crippen molar-refractivity contribution in [3.63, 3.8) is 0 Å². The molecule has 7 nitrogen and oxygen atoms in total. The van der Waals surface area contributed by atoms with E-state index >= 15 is 0 Å². The number of rotatable bonds is 7. The van der Waals surface area contributed by atoms with Gasteiger partial charge in [0.1, 0.15) is 6.61 Å².